The number of nitrogens with one attached hydrogen (secondary N) is 1. The lowest BCUT2D eigenvalue weighted by molar-refractivity contribution is 0.413. The number of hydrogen-bond donors (Lipinski definition) is 1. The summed E-state index contributed by atoms with van der Waals surface area (Å²) in [5.74, 6) is 0.879. The van der Waals surface area contributed by atoms with Crippen LogP contribution >= 0.6 is 15.9 Å². The van der Waals surface area contributed by atoms with Gasteiger partial charge in [0.15, 0.2) is 4.60 Å². The van der Waals surface area contributed by atoms with Crippen LogP contribution in [0.25, 0.3) is 0 Å². The van der Waals surface area contributed by atoms with Gasteiger partial charge in [-0.3, -0.25) is 0 Å². The normalized spacial score (nSPS) is 12.4. The maximum Gasteiger partial charge on any atom is 0.153 e. The van der Waals surface area contributed by atoms with Crippen molar-refractivity contribution in [3.8, 4) is 5.75 Å². The zero-order chi connectivity index (χ0) is 15.2. The molecule has 5 nitrogen and oxygen atoms in total. The Labute approximate surface area is 133 Å². The first-order valence-corrected chi connectivity index (χ1v) is 7.86. The molecular weight excluding hydrogens is 332 g/mol. The fourth-order valence-electron chi connectivity index (χ4n) is 2.33. The number of methoxy groups -OCH3 is 1. The van der Waals surface area contributed by atoms with E-state index in [1.807, 2.05) is 23.9 Å². The summed E-state index contributed by atoms with van der Waals surface area (Å²) in [6.07, 6.45) is 1.94. The van der Waals surface area contributed by atoms with Gasteiger partial charge in [0.25, 0.3) is 0 Å². The molecule has 1 atom stereocenters. The van der Waals surface area contributed by atoms with Crippen LogP contribution in [0.3, 0.4) is 0 Å². The molecule has 1 aromatic heterocycles. The van der Waals surface area contributed by atoms with Crippen LogP contribution in [0.4, 0.5) is 0 Å². The highest BCUT2D eigenvalue weighted by atomic mass is 79.9. The highest BCUT2D eigenvalue weighted by Gasteiger charge is 2.20. The van der Waals surface area contributed by atoms with Crippen LogP contribution in [0.15, 0.2) is 28.9 Å². The lowest BCUT2D eigenvalue weighted by Crippen LogP contribution is -2.26. The van der Waals surface area contributed by atoms with Crippen LogP contribution in [0, 0.1) is 0 Å². The summed E-state index contributed by atoms with van der Waals surface area (Å²) in [6, 6.07) is 8.31. The molecule has 1 aromatic carbocycles. The van der Waals surface area contributed by atoms with Crippen molar-refractivity contribution in [2.45, 2.75) is 25.8 Å². The number of ether oxygens (including phenoxy) is 1. The van der Waals surface area contributed by atoms with Crippen molar-refractivity contribution >= 4 is 15.9 Å². The molecule has 0 spiro atoms. The molecule has 0 aliphatic rings. The Bertz CT molecular complexity index is 565. The Morgan fingerprint density at radius 3 is 2.86 bits per heavy atom. The van der Waals surface area contributed by atoms with Crippen molar-refractivity contribution in [2.24, 2.45) is 7.05 Å². The molecule has 0 aliphatic heterocycles. The van der Waals surface area contributed by atoms with E-state index in [0.717, 1.165) is 35.4 Å². The van der Waals surface area contributed by atoms with Gasteiger partial charge in [0.2, 0.25) is 0 Å². The SMILES string of the molecule is CCCNC(Cc1cccc(OC)c1)c1c(Br)nnn1C. The molecule has 0 fully saturated rings. The van der Waals surface area contributed by atoms with Crippen molar-refractivity contribution in [1.82, 2.24) is 20.3 Å². The minimum Gasteiger partial charge on any atom is -0.497 e. The van der Waals surface area contributed by atoms with Gasteiger partial charge in [-0.2, -0.15) is 0 Å². The third kappa shape index (κ3) is 4.04. The molecule has 0 amide bonds. The van der Waals surface area contributed by atoms with Crippen LogP contribution in [-0.2, 0) is 13.5 Å². The van der Waals surface area contributed by atoms with E-state index in [-0.39, 0.29) is 6.04 Å². The van der Waals surface area contributed by atoms with Crippen molar-refractivity contribution in [1.29, 1.82) is 0 Å². The van der Waals surface area contributed by atoms with Crippen LogP contribution < -0.4 is 10.1 Å². The van der Waals surface area contributed by atoms with E-state index in [4.69, 9.17) is 4.74 Å². The molecule has 0 bridgehead atoms. The monoisotopic (exact) mass is 352 g/mol. The van der Waals surface area contributed by atoms with Gasteiger partial charge < -0.3 is 10.1 Å². The second-order valence-electron chi connectivity index (χ2n) is 4.95. The third-order valence-corrected chi connectivity index (χ3v) is 3.94. The smallest absolute Gasteiger partial charge is 0.153 e. The number of hydrogen-bond acceptors (Lipinski definition) is 4. The molecule has 2 aromatic rings. The van der Waals surface area contributed by atoms with Crippen molar-refractivity contribution < 1.29 is 4.74 Å². The van der Waals surface area contributed by atoms with Crippen LogP contribution in [-0.4, -0.2) is 28.6 Å². The maximum atomic E-state index is 5.30. The molecule has 1 heterocycles. The van der Waals surface area contributed by atoms with Crippen LogP contribution in [0.2, 0.25) is 0 Å². The van der Waals surface area contributed by atoms with Crippen LogP contribution in [0.1, 0.15) is 30.6 Å². The van der Waals surface area contributed by atoms with E-state index in [9.17, 15) is 0 Å². The first-order chi connectivity index (χ1) is 10.2. The fraction of sp³-hybridized carbons (Fsp3) is 0.467. The molecule has 1 unspecified atom stereocenters. The minimum atomic E-state index is 0.159. The Balaban J connectivity index is 2.24. The van der Waals surface area contributed by atoms with E-state index in [1.165, 1.54) is 5.56 Å². The molecule has 0 saturated carbocycles. The molecule has 6 heteroatoms. The molecule has 0 saturated heterocycles. The highest BCUT2D eigenvalue weighted by molar-refractivity contribution is 9.10. The highest BCUT2D eigenvalue weighted by Crippen LogP contribution is 2.25. The summed E-state index contributed by atoms with van der Waals surface area (Å²) in [5.41, 5.74) is 2.28. The van der Waals surface area contributed by atoms with E-state index < -0.39 is 0 Å². The topological polar surface area (TPSA) is 52.0 Å². The Kier molecular flexibility index (Phi) is 5.76. The van der Waals surface area contributed by atoms with E-state index >= 15 is 0 Å². The third-order valence-electron chi connectivity index (χ3n) is 3.37. The molecule has 0 aliphatic carbocycles. The standard InChI is InChI=1S/C15H21BrN4O/c1-4-8-17-13(14-15(16)18-19-20(14)2)10-11-6-5-7-12(9-11)21-3/h5-7,9,13,17H,4,8,10H2,1-3H3. The zero-order valence-electron chi connectivity index (χ0n) is 12.6. The second kappa shape index (κ2) is 7.56. The lowest BCUT2D eigenvalue weighted by Gasteiger charge is -2.19. The van der Waals surface area contributed by atoms with Gasteiger partial charge in [0, 0.05) is 7.05 Å². The van der Waals surface area contributed by atoms with Gasteiger partial charge in [0.05, 0.1) is 18.8 Å². The molecule has 114 valence electrons. The zero-order valence-corrected chi connectivity index (χ0v) is 14.2. The molecule has 2 rings (SSSR count). The van der Waals surface area contributed by atoms with Crippen molar-refractivity contribution in [3.63, 3.8) is 0 Å². The number of rotatable bonds is 7. The summed E-state index contributed by atoms with van der Waals surface area (Å²) in [7, 11) is 3.60. The van der Waals surface area contributed by atoms with Gasteiger partial charge in [-0.25, -0.2) is 4.68 Å². The number of aryl methyl sites for hydroxylation is 1. The maximum absolute atomic E-state index is 5.30. The molecule has 21 heavy (non-hydrogen) atoms. The largest absolute Gasteiger partial charge is 0.497 e. The number of halogens is 1. The Morgan fingerprint density at radius 2 is 2.24 bits per heavy atom. The molecule has 0 radical (unpaired) electrons. The van der Waals surface area contributed by atoms with Crippen LogP contribution in [0.5, 0.6) is 5.75 Å². The first-order valence-electron chi connectivity index (χ1n) is 7.07. The van der Waals surface area contributed by atoms with Gasteiger partial charge >= 0.3 is 0 Å². The van der Waals surface area contributed by atoms with Gasteiger partial charge in [-0.15, -0.1) is 5.10 Å². The van der Waals surface area contributed by atoms with Crippen molar-refractivity contribution in [2.75, 3.05) is 13.7 Å². The summed E-state index contributed by atoms with van der Waals surface area (Å²) in [5, 5.41) is 11.7. The molecule has 1 N–H and O–H groups in total. The lowest BCUT2D eigenvalue weighted by atomic mass is 10.0. The quantitative estimate of drug-likeness (QED) is 0.832. The molecular formula is C15H21BrN4O. The predicted molar refractivity (Wildman–Crippen MR) is 86.4 cm³/mol. The van der Waals surface area contributed by atoms with Crippen molar-refractivity contribution in [3.05, 3.63) is 40.1 Å². The van der Waals surface area contributed by atoms with E-state index in [0.29, 0.717) is 0 Å². The van der Waals surface area contributed by atoms with E-state index in [2.05, 4.69) is 50.6 Å². The Hall–Kier alpha value is -1.40. The summed E-state index contributed by atoms with van der Waals surface area (Å²) in [4.78, 5) is 0. The minimum absolute atomic E-state index is 0.159. The first kappa shape index (κ1) is 16.0. The Morgan fingerprint density at radius 1 is 1.43 bits per heavy atom. The van der Waals surface area contributed by atoms with Gasteiger partial charge in [0.1, 0.15) is 5.75 Å². The summed E-state index contributed by atoms with van der Waals surface area (Å²) in [6.45, 7) is 3.11. The number of nitrogens with zero attached hydrogens (tertiary/aromatic N) is 3. The second-order valence-corrected chi connectivity index (χ2v) is 5.70. The van der Waals surface area contributed by atoms with Gasteiger partial charge in [-0.05, 0) is 53.0 Å². The summed E-state index contributed by atoms with van der Waals surface area (Å²) < 4.78 is 7.91. The van der Waals surface area contributed by atoms with Gasteiger partial charge in [-0.1, -0.05) is 24.3 Å². The summed E-state index contributed by atoms with van der Waals surface area (Å²) >= 11 is 3.49. The van der Waals surface area contributed by atoms with E-state index in [1.54, 1.807) is 7.11 Å². The number of aromatic nitrogens is 3. The average Bonchev–Trinajstić information content (AvgIpc) is 2.83. The fourth-order valence-corrected chi connectivity index (χ4v) is 2.93. The average molecular weight is 353 g/mol. The number of benzene rings is 1. The predicted octanol–water partition coefficient (Wildman–Crippen LogP) is 2.87.